The van der Waals surface area contributed by atoms with Crippen molar-refractivity contribution in [1.29, 1.82) is 0 Å². The molecule has 28 heavy (non-hydrogen) atoms. The molecular weight excluding hydrogens is 350 g/mol. The molecule has 0 bridgehead atoms. The Bertz CT molecular complexity index is 859. The minimum atomic E-state index is -0.0761. The Hall–Kier alpha value is -2.82. The van der Waals surface area contributed by atoms with Crippen molar-refractivity contribution >= 4 is 17.5 Å². The average molecular weight is 380 g/mol. The topological polar surface area (TPSA) is 75.4 Å². The lowest BCUT2D eigenvalue weighted by molar-refractivity contribution is -0.133. The lowest BCUT2D eigenvalue weighted by Gasteiger charge is -2.26. The van der Waals surface area contributed by atoms with Crippen molar-refractivity contribution < 1.29 is 9.59 Å². The summed E-state index contributed by atoms with van der Waals surface area (Å²) in [4.78, 5) is 26.5. The van der Waals surface area contributed by atoms with Crippen LogP contribution in [0.25, 0.3) is 0 Å². The van der Waals surface area contributed by atoms with E-state index < -0.39 is 0 Å². The average Bonchev–Trinajstić information content (AvgIpc) is 2.67. The summed E-state index contributed by atoms with van der Waals surface area (Å²) in [6, 6.07) is 13.4. The predicted molar refractivity (Wildman–Crippen MR) is 112 cm³/mol. The Morgan fingerprint density at radius 2 is 1.89 bits per heavy atom. The van der Waals surface area contributed by atoms with Gasteiger partial charge in [-0.05, 0) is 60.2 Å². The largest absolute Gasteiger partial charge is 0.399 e. The number of rotatable bonds is 5. The maximum atomic E-state index is 12.7. The minimum absolute atomic E-state index is 0.0197. The number of amides is 2. The molecule has 1 aliphatic rings. The van der Waals surface area contributed by atoms with Crippen LogP contribution in [0, 0.1) is 5.92 Å². The molecule has 0 aliphatic heterocycles. The number of carbonyl (C=O) groups is 2. The van der Waals surface area contributed by atoms with Crippen LogP contribution in [0.15, 0.2) is 42.5 Å². The van der Waals surface area contributed by atoms with Gasteiger partial charge in [0.2, 0.25) is 5.91 Å². The zero-order valence-electron chi connectivity index (χ0n) is 16.9. The molecule has 1 unspecified atom stereocenters. The van der Waals surface area contributed by atoms with E-state index in [0.717, 1.165) is 30.5 Å². The first-order chi connectivity index (χ1) is 13.3. The summed E-state index contributed by atoms with van der Waals surface area (Å²) in [5, 5.41) is 3.16. The van der Waals surface area contributed by atoms with Crippen LogP contribution in [-0.4, -0.2) is 23.8 Å². The van der Waals surface area contributed by atoms with Gasteiger partial charge in [0.1, 0.15) is 0 Å². The number of fused-ring (bicyclic) bond motifs is 1. The summed E-state index contributed by atoms with van der Waals surface area (Å²) < 4.78 is 0. The molecule has 0 spiro atoms. The van der Waals surface area contributed by atoms with Gasteiger partial charge >= 0.3 is 0 Å². The van der Waals surface area contributed by atoms with Gasteiger partial charge in [-0.25, -0.2) is 0 Å². The highest BCUT2D eigenvalue weighted by atomic mass is 16.2. The van der Waals surface area contributed by atoms with Gasteiger partial charge < -0.3 is 16.0 Å². The van der Waals surface area contributed by atoms with E-state index in [0.29, 0.717) is 12.1 Å². The molecule has 0 heterocycles. The van der Waals surface area contributed by atoms with E-state index in [2.05, 4.69) is 5.32 Å². The van der Waals surface area contributed by atoms with E-state index in [1.807, 2.05) is 56.3 Å². The van der Waals surface area contributed by atoms with Gasteiger partial charge in [0.05, 0.1) is 6.04 Å². The fraction of sp³-hybridized carbons (Fsp3) is 0.391. The Morgan fingerprint density at radius 3 is 2.57 bits per heavy atom. The molecule has 5 heteroatoms. The smallest absolute Gasteiger partial charge is 0.251 e. The second-order valence-corrected chi connectivity index (χ2v) is 7.92. The SMILES string of the molecule is CC(C)C(=O)N(C)Cc1ccc(C(=O)NC2CCCc3cc(N)ccc32)cc1. The summed E-state index contributed by atoms with van der Waals surface area (Å²) in [5.41, 5.74) is 10.7. The molecule has 148 valence electrons. The maximum Gasteiger partial charge on any atom is 0.251 e. The number of nitrogens with zero attached hydrogens (tertiary/aromatic N) is 1. The number of nitrogens with one attached hydrogen (secondary N) is 1. The first kappa shape index (κ1) is 19.9. The van der Waals surface area contributed by atoms with Crippen LogP contribution in [-0.2, 0) is 17.8 Å². The number of hydrogen-bond donors (Lipinski definition) is 2. The van der Waals surface area contributed by atoms with Gasteiger partial charge in [-0.1, -0.05) is 32.0 Å². The third-order valence-corrected chi connectivity index (χ3v) is 5.29. The molecule has 5 nitrogen and oxygen atoms in total. The molecule has 3 N–H and O–H groups in total. The molecule has 0 aromatic heterocycles. The summed E-state index contributed by atoms with van der Waals surface area (Å²) in [6.07, 6.45) is 2.98. The van der Waals surface area contributed by atoms with Gasteiger partial charge in [-0.2, -0.15) is 0 Å². The third kappa shape index (κ3) is 4.53. The van der Waals surface area contributed by atoms with Crippen LogP contribution in [0.2, 0.25) is 0 Å². The highest BCUT2D eigenvalue weighted by molar-refractivity contribution is 5.94. The van der Waals surface area contributed by atoms with Gasteiger partial charge in [-0.3, -0.25) is 9.59 Å². The molecule has 0 fully saturated rings. The molecule has 2 aromatic rings. The Morgan fingerprint density at radius 1 is 1.18 bits per heavy atom. The van der Waals surface area contributed by atoms with E-state index in [4.69, 9.17) is 5.73 Å². The minimum Gasteiger partial charge on any atom is -0.399 e. The van der Waals surface area contributed by atoms with E-state index in [1.54, 1.807) is 11.9 Å². The molecule has 2 amide bonds. The van der Waals surface area contributed by atoms with Gasteiger partial charge in [0.15, 0.2) is 0 Å². The lowest BCUT2D eigenvalue weighted by Crippen LogP contribution is -2.31. The van der Waals surface area contributed by atoms with Gasteiger partial charge in [0.25, 0.3) is 5.91 Å². The van der Waals surface area contributed by atoms with E-state index >= 15 is 0 Å². The van der Waals surface area contributed by atoms with Crippen molar-refractivity contribution in [3.05, 3.63) is 64.7 Å². The van der Waals surface area contributed by atoms with Crippen LogP contribution >= 0.6 is 0 Å². The van der Waals surface area contributed by atoms with Crippen molar-refractivity contribution in [1.82, 2.24) is 10.2 Å². The van der Waals surface area contributed by atoms with Crippen LogP contribution in [0.1, 0.15) is 59.8 Å². The zero-order chi connectivity index (χ0) is 20.3. The Labute approximate surface area is 166 Å². The van der Waals surface area contributed by atoms with Crippen LogP contribution in [0.3, 0.4) is 0 Å². The summed E-state index contributed by atoms with van der Waals surface area (Å²) >= 11 is 0. The third-order valence-electron chi connectivity index (χ3n) is 5.29. The van der Waals surface area contributed by atoms with E-state index in [1.165, 1.54) is 11.1 Å². The number of carbonyl (C=O) groups excluding carboxylic acids is 2. The molecule has 1 atom stereocenters. The first-order valence-corrected chi connectivity index (χ1v) is 9.88. The standard InChI is InChI=1S/C23H29N3O2/c1-15(2)23(28)26(3)14-16-7-9-17(10-8-16)22(27)25-21-6-4-5-18-13-19(24)11-12-20(18)21/h7-13,15,21H,4-6,14,24H2,1-3H3,(H,25,27). The van der Waals surface area contributed by atoms with Crippen LogP contribution in [0.4, 0.5) is 5.69 Å². The van der Waals surface area contributed by atoms with Crippen LogP contribution in [0.5, 0.6) is 0 Å². The van der Waals surface area contributed by atoms with E-state index in [9.17, 15) is 9.59 Å². The van der Waals surface area contributed by atoms with Crippen molar-refractivity contribution in [3.8, 4) is 0 Å². The van der Waals surface area contributed by atoms with E-state index in [-0.39, 0.29) is 23.8 Å². The maximum absolute atomic E-state index is 12.7. The van der Waals surface area contributed by atoms with Gasteiger partial charge in [0, 0.05) is 30.8 Å². The number of nitrogens with two attached hydrogens (primary N) is 1. The Balaban J connectivity index is 1.65. The fourth-order valence-corrected chi connectivity index (χ4v) is 3.78. The molecule has 0 saturated heterocycles. The van der Waals surface area contributed by atoms with Crippen molar-refractivity contribution in [2.24, 2.45) is 5.92 Å². The normalized spacial score (nSPS) is 15.8. The summed E-state index contributed by atoms with van der Waals surface area (Å²) in [7, 11) is 1.80. The number of aryl methyl sites for hydroxylation is 1. The van der Waals surface area contributed by atoms with Crippen LogP contribution < -0.4 is 11.1 Å². The number of anilines is 1. The van der Waals surface area contributed by atoms with Gasteiger partial charge in [-0.15, -0.1) is 0 Å². The first-order valence-electron chi connectivity index (χ1n) is 9.88. The second-order valence-electron chi connectivity index (χ2n) is 7.92. The molecule has 2 aromatic carbocycles. The van der Waals surface area contributed by atoms with Crippen molar-refractivity contribution in [3.63, 3.8) is 0 Å². The summed E-state index contributed by atoms with van der Waals surface area (Å²) in [6.45, 7) is 4.32. The molecule has 3 rings (SSSR count). The van der Waals surface area contributed by atoms with Crippen molar-refractivity contribution in [2.75, 3.05) is 12.8 Å². The Kier molecular flexibility index (Phi) is 6.02. The molecule has 0 radical (unpaired) electrons. The highest BCUT2D eigenvalue weighted by Gasteiger charge is 2.22. The van der Waals surface area contributed by atoms with Crippen molar-refractivity contribution in [2.45, 2.75) is 45.7 Å². The second kappa shape index (κ2) is 8.46. The lowest BCUT2D eigenvalue weighted by atomic mass is 9.87. The molecular formula is C23H29N3O2. The number of benzene rings is 2. The monoisotopic (exact) mass is 379 g/mol. The molecule has 0 saturated carbocycles. The number of hydrogen-bond acceptors (Lipinski definition) is 3. The fourth-order valence-electron chi connectivity index (χ4n) is 3.78. The summed E-state index contributed by atoms with van der Waals surface area (Å²) in [5.74, 6) is 0.00929. The quantitative estimate of drug-likeness (QED) is 0.778. The highest BCUT2D eigenvalue weighted by Crippen LogP contribution is 2.31. The number of nitrogen functional groups attached to an aromatic ring is 1. The zero-order valence-corrected chi connectivity index (χ0v) is 16.9. The molecule has 1 aliphatic carbocycles. The predicted octanol–water partition coefficient (Wildman–Crippen LogP) is 3.69.